The molecule has 16 heteroatoms. The summed E-state index contributed by atoms with van der Waals surface area (Å²) in [4.78, 5) is 37.2. The van der Waals surface area contributed by atoms with Crippen molar-refractivity contribution in [2.75, 3.05) is 39.4 Å². The predicted octanol–water partition coefficient (Wildman–Crippen LogP) is 2.73. The van der Waals surface area contributed by atoms with E-state index in [0.717, 1.165) is 6.26 Å². The lowest BCUT2D eigenvalue weighted by Gasteiger charge is -2.40. The van der Waals surface area contributed by atoms with Gasteiger partial charge in [-0.1, -0.05) is 5.16 Å². The molecule has 1 atom stereocenters. The van der Waals surface area contributed by atoms with Gasteiger partial charge in [0.1, 0.15) is 17.8 Å². The minimum atomic E-state index is -4.74. The van der Waals surface area contributed by atoms with E-state index in [-0.39, 0.29) is 72.6 Å². The molecule has 2 aliphatic heterocycles. The Balaban J connectivity index is 1.15. The number of piperazine rings is 1. The first-order valence-corrected chi connectivity index (χ1v) is 13.3. The fraction of sp³-hybridized carbons (Fsp3) is 0.370. The van der Waals surface area contributed by atoms with Crippen LogP contribution in [0, 0.1) is 0 Å². The highest BCUT2D eigenvalue weighted by Crippen LogP contribution is 2.37. The molecule has 43 heavy (non-hydrogen) atoms. The van der Waals surface area contributed by atoms with Crippen molar-refractivity contribution >= 4 is 17.5 Å². The second-order valence-electron chi connectivity index (χ2n) is 10.2. The number of carbonyl (C=O) groups is 2. The molecule has 2 aliphatic rings. The van der Waals surface area contributed by atoms with Crippen LogP contribution in [-0.2, 0) is 15.7 Å². The molecular formula is C27H25F3N6O7. The molecular weight excluding hydrogens is 577 g/mol. The van der Waals surface area contributed by atoms with Gasteiger partial charge in [-0.3, -0.25) is 14.0 Å². The number of alkyl halides is 3. The first-order valence-electron chi connectivity index (χ1n) is 13.3. The number of hydrogen-bond donors (Lipinski definition) is 2. The van der Waals surface area contributed by atoms with Gasteiger partial charge in [-0.15, -0.1) is 0 Å². The van der Waals surface area contributed by atoms with Crippen LogP contribution in [0.25, 0.3) is 16.9 Å². The standard InChI is InChI=1S/C27H25F3N6O7/c28-27(29,30)21-18(14-42-33-21)19-13-32-22-23(31-5-6-36(19)22)43-16-2-3-17(20(37)12-16)24(38)34-7-9-35(10-8-34)25(39)26(40)4-1-11-41-15-26/h2-3,5-6,12-14,37,40H,1,4,7-11,15H2. The van der Waals surface area contributed by atoms with E-state index >= 15 is 0 Å². The smallest absolute Gasteiger partial charge is 0.437 e. The largest absolute Gasteiger partial charge is 0.507 e. The second kappa shape index (κ2) is 10.9. The van der Waals surface area contributed by atoms with Crippen molar-refractivity contribution in [2.45, 2.75) is 24.6 Å². The molecule has 13 nitrogen and oxygen atoms in total. The number of aromatic hydroxyl groups is 1. The normalized spacial score (nSPS) is 19.5. The first kappa shape index (κ1) is 28.4. The molecule has 0 radical (unpaired) electrons. The fourth-order valence-corrected chi connectivity index (χ4v) is 5.18. The summed E-state index contributed by atoms with van der Waals surface area (Å²) in [6.07, 6.45) is 0.923. The van der Waals surface area contributed by atoms with Gasteiger partial charge in [-0.05, 0) is 25.0 Å². The third-order valence-electron chi connectivity index (χ3n) is 7.40. The number of hydrogen-bond acceptors (Lipinski definition) is 10. The van der Waals surface area contributed by atoms with Gasteiger partial charge in [0, 0.05) is 51.2 Å². The van der Waals surface area contributed by atoms with Crippen LogP contribution in [0.5, 0.6) is 17.4 Å². The Morgan fingerprint density at radius 3 is 2.56 bits per heavy atom. The molecule has 2 amide bonds. The Labute approximate surface area is 241 Å². The zero-order valence-corrected chi connectivity index (χ0v) is 22.5. The number of amides is 2. The summed E-state index contributed by atoms with van der Waals surface area (Å²) in [5.41, 5.74) is -2.94. The van der Waals surface area contributed by atoms with Crippen LogP contribution in [0.15, 0.2) is 47.6 Å². The van der Waals surface area contributed by atoms with Crippen LogP contribution < -0.4 is 4.74 Å². The lowest BCUT2D eigenvalue weighted by molar-refractivity contribution is -0.166. The number of nitrogens with zero attached hydrogens (tertiary/aromatic N) is 6. The summed E-state index contributed by atoms with van der Waals surface area (Å²) in [5.74, 6) is -1.21. The van der Waals surface area contributed by atoms with Crippen molar-refractivity contribution in [3.8, 4) is 28.6 Å². The maximum Gasteiger partial charge on any atom is 0.437 e. The SMILES string of the molecule is O=C(c1ccc(Oc2nccn3c(-c4conc4C(F)(F)F)cnc23)cc1O)N1CCN(C(=O)C2(O)CCCOC2)CC1. The van der Waals surface area contributed by atoms with Crippen molar-refractivity contribution in [1.29, 1.82) is 0 Å². The number of phenols is 1. The number of benzene rings is 1. The summed E-state index contributed by atoms with van der Waals surface area (Å²) < 4.78 is 57.0. The molecule has 0 bridgehead atoms. The van der Waals surface area contributed by atoms with E-state index < -0.39 is 29.3 Å². The highest BCUT2D eigenvalue weighted by molar-refractivity contribution is 5.97. The van der Waals surface area contributed by atoms with Crippen molar-refractivity contribution in [3.05, 3.63) is 54.3 Å². The molecule has 6 rings (SSSR count). The Hall–Kier alpha value is -4.70. The Morgan fingerprint density at radius 2 is 1.86 bits per heavy atom. The van der Waals surface area contributed by atoms with Crippen LogP contribution in [0.4, 0.5) is 13.2 Å². The molecule has 0 saturated carbocycles. The van der Waals surface area contributed by atoms with Gasteiger partial charge >= 0.3 is 6.18 Å². The number of fused-ring (bicyclic) bond motifs is 1. The Bertz CT molecular complexity index is 1670. The van der Waals surface area contributed by atoms with Crippen molar-refractivity contribution < 1.29 is 47.0 Å². The van der Waals surface area contributed by atoms with E-state index in [1.165, 1.54) is 51.0 Å². The molecule has 4 aromatic rings. The summed E-state index contributed by atoms with van der Waals surface area (Å²) in [7, 11) is 0. The van der Waals surface area contributed by atoms with Crippen molar-refractivity contribution in [3.63, 3.8) is 0 Å². The molecule has 226 valence electrons. The third-order valence-corrected chi connectivity index (χ3v) is 7.40. The molecule has 2 N–H and O–H groups in total. The number of aliphatic hydroxyl groups is 1. The van der Waals surface area contributed by atoms with Crippen LogP contribution in [0.1, 0.15) is 28.9 Å². The first-order chi connectivity index (χ1) is 20.5. The minimum absolute atomic E-state index is 0.00726. The molecule has 1 unspecified atom stereocenters. The molecule has 1 aromatic carbocycles. The maximum atomic E-state index is 13.4. The predicted molar refractivity (Wildman–Crippen MR) is 139 cm³/mol. The van der Waals surface area contributed by atoms with E-state index in [1.807, 2.05) is 0 Å². The number of rotatable bonds is 5. The van der Waals surface area contributed by atoms with Crippen LogP contribution in [-0.4, -0.2) is 96.3 Å². The van der Waals surface area contributed by atoms with Gasteiger partial charge in [0.05, 0.1) is 29.6 Å². The van der Waals surface area contributed by atoms with E-state index in [0.29, 0.717) is 19.4 Å². The summed E-state index contributed by atoms with van der Waals surface area (Å²) >= 11 is 0. The number of carbonyl (C=O) groups excluding carboxylic acids is 2. The third kappa shape index (κ3) is 5.34. The molecule has 2 fully saturated rings. The molecule has 5 heterocycles. The van der Waals surface area contributed by atoms with Crippen LogP contribution >= 0.6 is 0 Å². The summed E-state index contributed by atoms with van der Waals surface area (Å²) in [6.45, 7) is 1.29. The minimum Gasteiger partial charge on any atom is -0.507 e. The van der Waals surface area contributed by atoms with Gasteiger partial charge in [0.25, 0.3) is 17.7 Å². The number of phenolic OH excluding ortho intramolecular Hbond substituents is 1. The van der Waals surface area contributed by atoms with Gasteiger partial charge < -0.3 is 34.0 Å². The van der Waals surface area contributed by atoms with Crippen LogP contribution in [0.2, 0.25) is 0 Å². The second-order valence-corrected chi connectivity index (χ2v) is 10.2. The summed E-state index contributed by atoms with van der Waals surface area (Å²) in [5, 5.41) is 24.4. The monoisotopic (exact) mass is 602 g/mol. The molecule has 0 spiro atoms. The quantitative estimate of drug-likeness (QED) is 0.348. The lowest BCUT2D eigenvalue weighted by atomic mass is 9.94. The van der Waals surface area contributed by atoms with Gasteiger partial charge in [-0.25, -0.2) is 9.97 Å². The summed E-state index contributed by atoms with van der Waals surface area (Å²) in [6, 6.07) is 4.01. The van der Waals surface area contributed by atoms with Crippen molar-refractivity contribution in [2.24, 2.45) is 0 Å². The highest BCUT2D eigenvalue weighted by Gasteiger charge is 2.42. The molecule has 3 aromatic heterocycles. The fourth-order valence-electron chi connectivity index (χ4n) is 5.18. The van der Waals surface area contributed by atoms with Gasteiger partial charge in [0.15, 0.2) is 11.3 Å². The molecule has 2 saturated heterocycles. The Morgan fingerprint density at radius 1 is 1.09 bits per heavy atom. The van der Waals surface area contributed by atoms with Crippen LogP contribution in [0.3, 0.4) is 0 Å². The Kier molecular flexibility index (Phi) is 7.17. The zero-order valence-electron chi connectivity index (χ0n) is 22.5. The van der Waals surface area contributed by atoms with Gasteiger partial charge in [-0.2, -0.15) is 13.2 Å². The van der Waals surface area contributed by atoms with Gasteiger partial charge in [0.2, 0.25) is 5.65 Å². The zero-order chi connectivity index (χ0) is 30.4. The average Bonchev–Trinajstić information content (AvgIpc) is 3.65. The van der Waals surface area contributed by atoms with E-state index in [9.17, 15) is 33.0 Å². The lowest BCUT2D eigenvalue weighted by Crippen LogP contribution is -2.59. The average molecular weight is 603 g/mol. The topological polar surface area (TPSA) is 156 Å². The molecule has 0 aliphatic carbocycles. The number of ether oxygens (including phenoxy) is 2. The highest BCUT2D eigenvalue weighted by atomic mass is 19.4. The number of halogens is 3. The van der Waals surface area contributed by atoms with E-state index in [2.05, 4.69) is 19.6 Å². The van der Waals surface area contributed by atoms with Crippen molar-refractivity contribution in [1.82, 2.24) is 29.3 Å². The number of aromatic nitrogens is 4. The van der Waals surface area contributed by atoms with E-state index in [1.54, 1.807) is 0 Å². The maximum absolute atomic E-state index is 13.4. The number of imidazole rings is 1. The van der Waals surface area contributed by atoms with E-state index in [4.69, 9.17) is 9.47 Å².